The molecule has 0 radical (unpaired) electrons. The Morgan fingerprint density at radius 3 is 2.56 bits per heavy atom. The van der Waals surface area contributed by atoms with Gasteiger partial charge in [-0.3, -0.25) is 0 Å². The summed E-state index contributed by atoms with van der Waals surface area (Å²) in [6, 6.07) is 0. The Morgan fingerprint density at radius 1 is 1.25 bits per heavy atom. The van der Waals surface area contributed by atoms with Gasteiger partial charge in [0.2, 0.25) is 0 Å². The minimum atomic E-state index is 0.665. The third-order valence-corrected chi connectivity index (χ3v) is 6.62. The highest BCUT2D eigenvalue weighted by Crippen LogP contribution is 2.79. The minimum absolute atomic E-state index is 0.665. The lowest BCUT2D eigenvalue weighted by molar-refractivity contribution is -0.130. The maximum absolute atomic E-state index is 2.60. The van der Waals surface area contributed by atoms with Crippen LogP contribution < -0.4 is 0 Å². The van der Waals surface area contributed by atoms with Crippen LogP contribution in [0.2, 0.25) is 0 Å². The molecule has 0 aromatic carbocycles. The Hall–Kier alpha value is -0.260. The second-order valence-electron chi connectivity index (χ2n) is 7.39. The normalized spacial score (nSPS) is 52.6. The summed E-state index contributed by atoms with van der Waals surface area (Å²) in [4.78, 5) is 0. The topological polar surface area (TPSA) is 0 Å². The summed E-state index contributed by atoms with van der Waals surface area (Å²) >= 11 is 0. The first-order chi connectivity index (χ1) is 7.47. The second-order valence-corrected chi connectivity index (χ2v) is 7.39. The molecule has 3 unspecified atom stereocenters. The Labute approximate surface area is 101 Å². The van der Waals surface area contributed by atoms with Gasteiger partial charge >= 0.3 is 0 Å². The van der Waals surface area contributed by atoms with Gasteiger partial charge in [-0.25, -0.2) is 0 Å². The van der Waals surface area contributed by atoms with Gasteiger partial charge in [0, 0.05) is 0 Å². The predicted octanol–water partition coefficient (Wildman–Crippen LogP) is 4.81. The summed E-state index contributed by atoms with van der Waals surface area (Å²) in [6.07, 6.45) is 9.85. The highest BCUT2D eigenvalue weighted by atomic mass is 14.8. The average Bonchev–Trinajstić information content (AvgIpc) is 2.59. The Kier molecular flexibility index (Phi) is 2.14. The summed E-state index contributed by atoms with van der Waals surface area (Å²) in [5.41, 5.74) is 2.87. The van der Waals surface area contributed by atoms with E-state index >= 15 is 0 Å². The number of hydrogen-bond acceptors (Lipinski definition) is 0. The molecule has 2 bridgehead atoms. The smallest absolute Gasteiger partial charge is 0.0235 e. The molecule has 90 valence electrons. The number of allylic oxidation sites excluding steroid dienone is 2. The van der Waals surface area contributed by atoms with Crippen molar-refractivity contribution < 1.29 is 0 Å². The molecule has 0 aromatic heterocycles. The molecular weight excluding hydrogens is 192 g/mol. The fourth-order valence-corrected chi connectivity index (χ4v) is 5.46. The van der Waals surface area contributed by atoms with Crippen molar-refractivity contribution in [2.45, 2.75) is 59.8 Å². The average molecular weight is 218 g/mol. The SMILES string of the molecule is CC(C)=CCCC1(C)C2CC3[C@@H](C2)C[C@]31C. The molecule has 3 saturated carbocycles. The zero-order chi connectivity index (χ0) is 11.6. The van der Waals surface area contributed by atoms with E-state index < -0.39 is 0 Å². The molecule has 0 aliphatic heterocycles. The van der Waals surface area contributed by atoms with Gasteiger partial charge < -0.3 is 0 Å². The van der Waals surface area contributed by atoms with Gasteiger partial charge in [-0.05, 0) is 74.5 Å². The van der Waals surface area contributed by atoms with E-state index in [1.807, 2.05) is 0 Å². The third kappa shape index (κ3) is 1.11. The first kappa shape index (κ1) is 10.9. The largest absolute Gasteiger partial charge is 0.0859 e. The Morgan fingerprint density at radius 2 is 2.00 bits per heavy atom. The molecule has 0 aromatic rings. The van der Waals surface area contributed by atoms with Crippen molar-refractivity contribution in [2.24, 2.45) is 28.6 Å². The molecule has 0 spiro atoms. The molecule has 3 aliphatic carbocycles. The molecule has 16 heavy (non-hydrogen) atoms. The second kappa shape index (κ2) is 3.15. The van der Waals surface area contributed by atoms with Gasteiger partial charge in [-0.15, -0.1) is 0 Å². The van der Waals surface area contributed by atoms with E-state index in [4.69, 9.17) is 0 Å². The number of hydrogen-bond donors (Lipinski definition) is 0. The Balaban J connectivity index is 1.75. The van der Waals surface area contributed by atoms with E-state index in [9.17, 15) is 0 Å². The first-order valence-corrected chi connectivity index (χ1v) is 7.11. The van der Waals surface area contributed by atoms with Crippen LogP contribution in [0.15, 0.2) is 11.6 Å². The maximum atomic E-state index is 2.60. The first-order valence-electron chi connectivity index (χ1n) is 7.11. The molecule has 0 amide bonds. The lowest BCUT2D eigenvalue weighted by Gasteiger charge is -2.62. The highest BCUT2D eigenvalue weighted by molar-refractivity contribution is 5.20. The van der Waals surface area contributed by atoms with Crippen LogP contribution in [0, 0.1) is 28.6 Å². The van der Waals surface area contributed by atoms with Gasteiger partial charge in [0.25, 0.3) is 0 Å². The summed E-state index contributed by atoms with van der Waals surface area (Å²) in [6.45, 7) is 9.65. The van der Waals surface area contributed by atoms with Crippen molar-refractivity contribution >= 4 is 0 Å². The van der Waals surface area contributed by atoms with E-state index in [2.05, 4.69) is 33.8 Å². The summed E-state index contributed by atoms with van der Waals surface area (Å²) < 4.78 is 0. The summed E-state index contributed by atoms with van der Waals surface area (Å²) in [5, 5.41) is 0. The molecule has 0 nitrogen and oxygen atoms in total. The van der Waals surface area contributed by atoms with Gasteiger partial charge in [-0.1, -0.05) is 25.5 Å². The molecule has 3 fully saturated rings. The summed E-state index contributed by atoms with van der Waals surface area (Å²) in [7, 11) is 0. The standard InChI is InChI=1S/C16H26/c1-11(2)6-5-7-15(3)13-8-12-10-16(15,4)14(12)9-13/h6,12-14H,5,7-10H2,1-4H3/t12-,13?,14?,15?,16+/m0/s1. The maximum Gasteiger partial charge on any atom is -0.0235 e. The molecule has 0 N–H and O–H groups in total. The molecule has 3 rings (SSSR count). The number of rotatable bonds is 3. The molecular formula is C16H26. The van der Waals surface area contributed by atoms with Crippen molar-refractivity contribution in [1.82, 2.24) is 0 Å². The third-order valence-electron chi connectivity index (χ3n) is 6.62. The molecule has 0 heteroatoms. The zero-order valence-corrected chi connectivity index (χ0v) is 11.3. The van der Waals surface area contributed by atoms with Gasteiger partial charge in [-0.2, -0.15) is 0 Å². The van der Waals surface area contributed by atoms with Crippen LogP contribution in [0.25, 0.3) is 0 Å². The molecule has 0 saturated heterocycles. The van der Waals surface area contributed by atoms with Crippen molar-refractivity contribution in [2.75, 3.05) is 0 Å². The van der Waals surface area contributed by atoms with Gasteiger partial charge in [0.1, 0.15) is 0 Å². The fourth-order valence-electron chi connectivity index (χ4n) is 5.46. The highest BCUT2D eigenvalue weighted by Gasteiger charge is 2.71. The van der Waals surface area contributed by atoms with Crippen molar-refractivity contribution in [3.8, 4) is 0 Å². The van der Waals surface area contributed by atoms with Crippen molar-refractivity contribution in [1.29, 1.82) is 0 Å². The van der Waals surface area contributed by atoms with Gasteiger partial charge in [0.05, 0.1) is 0 Å². The van der Waals surface area contributed by atoms with E-state index in [0.717, 1.165) is 23.2 Å². The summed E-state index contributed by atoms with van der Waals surface area (Å²) in [5.74, 6) is 3.30. The van der Waals surface area contributed by atoms with E-state index in [1.54, 1.807) is 19.3 Å². The van der Waals surface area contributed by atoms with Crippen LogP contribution in [0.3, 0.4) is 0 Å². The quantitative estimate of drug-likeness (QED) is 0.597. The number of fused-ring (bicyclic) bond motifs is 1. The van der Waals surface area contributed by atoms with E-state index in [0.29, 0.717) is 5.41 Å². The van der Waals surface area contributed by atoms with E-state index in [1.165, 1.54) is 18.4 Å². The fraction of sp³-hybridized carbons (Fsp3) is 0.875. The monoisotopic (exact) mass is 218 g/mol. The van der Waals surface area contributed by atoms with Crippen LogP contribution in [-0.4, -0.2) is 0 Å². The van der Waals surface area contributed by atoms with Crippen molar-refractivity contribution in [3.63, 3.8) is 0 Å². The Bertz CT molecular complexity index is 336. The zero-order valence-electron chi connectivity index (χ0n) is 11.3. The van der Waals surface area contributed by atoms with E-state index in [-0.39, 0.29) is 0 Å². The van der Waals surface area contributed by atoms with Crippen LogP contribution in [0.1, 0.15) is 59.8 Å². The molecule has 0 heterocycles. The van der Waals surface area contributed by atoms with Crippen LogP contribution in [0.5, 0.6) is 0 Å². The minimum Gasteiger partial charge on any atom is -0.0859 e. The van der Waals surface area contributed by atoms with Gasteiger partial charge in [0.15, 0.2) is 0 Å². The molecule has 5 atom stereocenters. The lowest BCUT2D eigenvalue weighted by atomic mass is 9.43. The van der Waals surface area contributed by atoms with Crippen LogP contribution in [-0.2, 0) is 0 Å². The molecule has 3 aliphatic rings. The van der Waals surface area contributed by atoms with Crippen LogP contribution in [0.4, 0.5) is 0 Å². The van der Waals surface area contributed by atoms with Crippen LogP contribution >= 0.6 is 0 Å². The predicted molar refractivity (Wildman–Crippen MR) is 69.2 cm³/mol. The van der Waals surface area contributed by atoms with Crippen molar-refractivity contribution in [3.05, 3.63) is 11.6 Å². The lowest BCUT2D eigenvalue weighted by Crippen LogP contribution is -2.54.